The maximum Gasteiger partial charge on any atom is 0.161 e. The standard InChI is InChI=1S/C18H19N3O/c1-4-22-17-8-6-5-7-15(17)21-16-11-13(3)20-18-14(16)10-9-12(2)19-18/h5-11H,4H2,1-3H3,(H,19,20,21). The lowest BCUT2D eigenvalue weighted by Crippen LogP contribution is -2.00. The molecule has 1 N–H and O–H groups in total. The molecule has 4 heteroatoms. The molecule has 2 heterocycles. The number of ether oxygens (including phenoxy) is 1. The first-order valence-corrected chi connectivity index (χ1v) is 7.41. The van der Waals surface area contributed by atoms with Crippen LogP contribution in [-0.4, -0.2) is 16.6 Å². The fourth-order valence-electron chi connectivity index (χ4n) is 2.42. The molecule has 0 bridgehead atoms. The Morgan fingerprint density at radius 1 is 0.955 bits per heavy atom. The summed E-state index contributed by atoms with van der Waals surface area (Å²) in [4.78, 5) is 9.03. The summed E-state index contributed by atoms with van der Waals surface area (Å²) in [5.74, 6) is 0.840. The summed E-state index contributed by atoms with van der Waals surface area (Å²) in [5, 5.41) is 4.46. The molecule has 0 radical (unpaired) electrons. The molecule has 0 aliphatic heterocycles. The van der Waals surface area contributed by atoms with E-state index in [2.05, 4.69) is 21.4 Å². The van der Waals surface area contributed by atoms with E-state index in [1.165, 1.54) is 0 Å². The maximum absolute atomic E-state index is 5.68. The third-order valence-electron chi connectivity index (χ3n) is 3.40. The number of nitrogens with zero attached hydrogens (tertiary/aromatic N) is 2. The lowest BCUT2D eigenvalue weighted by Gasteiger charge is -2.14. The first-order chi connectivity index (χ1) is 10.7. The highest BCUT2D eigenvalue weighted by molar-refractivity contribution is 5.91. The van der Waals surface area contributed by atoms with E-state index in [9.17, 15) is 0 Å². The van der Waals surface area contributed by atoms with Gasteiger partial charge in [0.25, 0.3) is 0 Å². The molecule has 0 aliphatic carbocycles. The number of nitrogens with one attached hydrogen (secondary N) is 1. The number of fused-ring (bicyclic) bond motifs is 1. The molecule has 3 rings (SSSR count). The number of aryl methyl sites for hydroxylation is 2. The van der Waals surface area contributed by atoms with Gasteiger partial charge in [0, 0.05) is 16.8 Å². The molecule has 112 valence electrons. The zero-order chi connectivity index (χ0) is 15.5. The highest BCUT2D eigenvalue weighted by atomic mass is 16.5. The molecule has 0 amide bonds. The molecule has 1 aromatic carbocycles. The average Bonchev–Trinajstić information content (AvgIpc) is 2.49. The lowest BCUT2D eigenvalue weighted by molar-refractivity contribution is 0.342. The van der Waals surface area contributed by atoms with Crippen LogP contribution in [0.4, 0.5) is 11.4 Å². The van der Waals surface area contributed by atoms with Crippen LogP contribution in [0.15, 0.2) is 42.5 Å². The number of hydrogen-bond acceptors (Lipinski definition) is 4. The van der Waals surface area contributed by atoms with Gasteiger partial charge in [-0.15, -0.1) is 0 Å². The van der Waals surface area contributed by atoms with E-state index in [4.69, 9.17) is 4.74 Å². The fraction of sp³-hybridized carbons (Fsp3) is 0.222. The monoisotopic (exact) mass is 293 g/mol. The zero-order valence-corrected chi connectivity index (χ0v) is 13.1. The normalized spacial score (nSPS) is 10.7. The largest absolute Gasteiger partial charge is 0.492 e. The van der Waals surface area contributed by atoms with Crippen molar-refractivity contribution in [1.82, 2.24) is 9.97 Å². The van der Waals surface area contributed by atoms with Gasteiger partial charge in [-0.3, -0.25) is 0 Å². The average molecular weight is 293 g/mol. The van der Waals surface area contributed by atoms with Crippen LogP contribution in [0.2, 0.25) is 0 Å². The Labute approximate surface area is 130 Å². The van der Waals surface area contributed by atoms with Gasteiger partial charge in [0.1, 0.15) is 5.75 Å². The van der Waals surface area contributed by atoms with Gasteiger partial charge in [-0.2, -0.15) is 0 Å². The van der Waals surface area contributed by atoms with Crippen molar-refractivity contribution in [2.24, 2.45) is 0 Å². The van der Waals surface area contributed by atoms with Crippen LogP contribution < -0.4 is 10.1 Å². The van der Waals surface area contributed by atoms with Crippen molar-refractivity contribution in [3.63, 3.8) is 0 Å². The predicted octanol–water partition coefficient (Wildman–Crippen LogP) is 4.39. The number of aromatic nitrogens is 2. The molecule has 0 spiro atoms. The van der Waals surface area contributed by atoms with Crippen LogP contribution in [0.3, 0.4) is 0 Å². The summed E-state index contributed by atoms with van der Waals surface area (Å²) in [5.41, 5.74) is 4.59. The van der Waals surface area contributed by atoms with Crippen molar-refractivity contribution in [3.8, 4) is 5.75 Å². The molecule has 0 aliphatic rings. The second-order valence-corrected chi connectivity index (χ2v) is 5.19. The number of para-hydroxylation sites is 2. The Balaban J connectivity index is 2.07. The molecule has 0 atom stereocenters. The minimum Gasteiger partial charge on any atom is -0.492 e. The highest BCUT2D eigenvalue weighted by Crippen LogP contribution is 2.31. The number of hydrogen-bond donors (Lipinski definition) is 1. The fourth-order valence-corrected chi connectivity index (χ4v) is 2.42. The molecule has 2 aromatic heterocycles. The van der Waals surface area contributed by atoms with Crippen LogP contribution in [0.5, 0.6) is 5.75 Å². The number of anilines is 2. The Bertz CT molecular complexity index is 809. The first-order valence-electron chi connectivity index (χ1n) is 7.41. The third kappa shape index (κ3) is 2.86. The molecule has 0 saturated carbocycles. The molecular weight excluding hydrogens is 274 g/mol. The van der Waals surface area contributed by atoms with E-state index >= 15 is 0 Å². The third-order valence-corrected chi connectivity index (χ3v) is 3.40. The minimum absolute atomic E-state index is 0.634. The Morgan fingerprint density at radius 3 is 2.55 bits per heavy atom. The van der Waals surface area contributed by atoms with Gasteiger partial charge in [0.05, 0.1) is 18.0 Å². The number of rotatable bonds is 4. The van der Waals surface area contributed by atoms with Gasteiger partial charge in [-0.25, -0.2) is 9.97 Å². The summed E-state index contributed by atoms with van der Waals surface area (Å²) >= 11 is 0. The summed E-state index contributed by atoms with van der Waals surface area (Å²) in [7, 11) is 0. The molecule has 0 saturated heterocycles. The van der Waals surface area contributed by atoms with E-state index in [1.54, 1.807) is 0 Å². The summed E-state index contributed by atoms with van der Waals surface area (Å²) < 4.78 is 5.68. The van der Waals surface area contributed by atoms with Crippen LogP contribution >= 0.6 is 0 Å². The Hall–Kier alpha value is -2.62. The van der Waals surface area contributed by atoms with Gasteiger partial charge in [-0.05, 0) is 51.1 Å². The van der Waals surface area contributed by atoms with Crippen molar-refractivity contribution in [1.29, 1.82) is 0 Å². The maximum atomic E-state index is 5.68. The minimum atomic E-state index is 0.634. The van der Waals surface area contributed by atoms with E-state index in [-0.39, 0.29) is 0 Å². The molecule has 4 nitrogen and oxygen atoms in total. The molecule has 22 heavy (non-hydrogen) atoms. The molecule has 3 aromatic rings. The topological polar surface area (TPSA) is 47.0 Å². The highest BCUT2D eigenvalue weighted by Gasteiger charge is 2.08. The lowest BCUT2D eigenvalue weighted by atomic mass is 10.2. The Morgan fingerprint density at radius 2 is 1.73 bits per heavy atom. The van der Waals surface area contributed by atoms with Crippen LogP contribution in [0.25, 0.3) is 11.0 Å². The van der Waals surface area contributed by atoms with Crippen molar-refractivity contribution in [2.75, 3.05) is 11.9 Å². The van der Waals surface area contributed by atoms with Gasteiger partial charge in [-0.1, -0.05) is 12.1 Å². The van der Waals surface area contributed by atoms with E-state index in [0.717, 1.165) is 39.5 Å². The van der Waals surface area contributed by atoms with Crippen LogP contribution in [-0.2, 0) is 0 Å². The number of pyridine rings is 2. The smallest absolute Gasteiger partial charge is 0.161 e. The second-order valence-electron chi connectivity index (χ2n) is 5.19. The van der Waals surface area contributed by atoms with Gasteiger partial charge in [0.2, 0.25) is 0 Å². The van der Waals surface area contributed by atoms with E-state index in [0.29, 0.717) is 6.61 Å². The molecular formula is C18H19N3O. The summed E-state index contributed by atoms with van der Waals surface area (Å²) in [6.45, 7) is 6.56. The SMILES string of the molecule is CCOc1ccccc1Nc1cc(C)nc2nc(C)ccc12. The summed E-state index contributed by atoms with van der Waals surface area (Å²) in [6, 6.07) is 14.0. The zero-order valence-electron chi connectivity index (χ0n) is 13.1. The first kappa shape index (κ1) is 14.3. The van der Waals surface area contributed by atoms with Gasteiger partial charge < -0.3 is 10.1 Å². The quantitative estimate of drug-likeness (QED) is 0.775. The van der Waals surface area contributed by atoms with Crippen molar-refractivity contribution in [2.45, 2.75) is 20.8 Å². The summed E-state index contributed by atoms with van der Waals surface area (Å²) in [6.07, 6.45) is 0. The van der Waals surface area contributed by atoms with E-state index < -0.39 is 0 Å². The predicted molar refractivity (Wildman–Crippen MR) is 89.9 cm³/mol. The second kappa shape index (κ2) is 6.02. The molecule has 0 unspecified atom stereocenters. The van der Waals surface area contributed by atoms with Crippen molar-refractivity contribution in [3.05, 3.63) is 53.9 Å². The van der Waals surface area contributed by atoms with Crippen molar-refractivity contribution >= 4 is 22.4 Å². The van der Waals surface area contributed by atoms with Gasteiger partial charge >= 0.3 is 0 Å². The Kier molecular flexibility index (Phi) is 3.92. The van der Waals surface area contributed by atoms with Crippen LogP contribution in [0, 0.1) is 13.8 Å². The van der Waals surface area contributed by atoms with Crippen LogP contribution in [0.1, 0.15) is 18.3 Å². The van der Waals surface area contributed by atoms with Gasteiger partial charge in [0.15, 0.2) is 5.65 Å². The van der Waals surface area contributed by atoms with E-state index in [1.807, 2.05) is 57.2 Å². The molecule has 0 fully saturated rings. The van der Waals surface area contributed by atoms with Crippen molar-refractivity contribution < 1.29 is 4.74 Å². The number of benzene rings is 1.